The number of carbonyl (C=O) groups excluding carboxylic acids is 1. The number of nitrogens with zero attached hydrogens (tertiary/aromatic N) is 2. The molecule has 0 bridgehead atoms. The summed E-state index contributed by atoms with van der Waals surface area (Å²) in [5, 5.41) is 0.642. The molecule has 8 heteroatoms. The molecule has 1 atom stereocenters. The van der Waals surface area contributed by atoms with Gasteiger partial charge in [0.25, 0.3) is 0 Å². The molecule has 3 aromatic carbocycles. The molecule has 0 spiro atoms. The highest BCUT2D eigenvalue weighted by Crippen LogP contribution is 2.37. The Hall–Kier alpha value is -2.22. The van der Waals surface area contributed by atoms with Gasteiger partial charge in [-0.3, -0.25) is 4.79 Å². The molecule has 38 heavy (non-hydrogen) atoms. The highest BCUT2D eigenvalue weighted by molar-refractivity contribution is 7.89. The lowest BCUT2D eigenvalue weighted by Crippen LogP contribution is -2.47. The van der Waals surface area contributed by atoms with Gasteiger partial charge >= 0.3 is 0 Å². The smallest absolute Gasteiger partial charge is 0.242 e. The first-order chi connectivity index (χ1) is 17.7. The van der Waals surface area contributed by atoms with Crippen molar-refractivity contribution in [3.63, 3.8) is 0 Å². The van der Waals surface area contributed by atoms with E-state index in [-0.39, 0.29) is 24.1 Å². The molecular weight excluding hydrogens is 539 g/mol. The summed E-state index contributed by atoms with van der Waals surface area (Å²) < 4.78 is 27.8. The van der Waals surface area contributed by atoms with Crippen molar-refractivity contribution in [2.75, 3.05) is 33.2 Å². The molecule has 0 amide bonds. The van der Waals surface area contributed by atoms with Crippen molar-refractivity contribution in [3.8, 4) is 0 Å². The number of hydrogen-bond donors (Lipinski definition) is 0. The number of hydrogen-bond acceptors (Lipinski definition) is 4. The number of piperidine rings is 1. The fraction of sp³-hybridized carbons (Fsp3) is 0.367. The summed E-state index contributed by atoms with van der Waals surface area (Å²) in [6, 6.07) is 26.4. The van der Waals surface area contributed by atoms with Crippen LogP contribution in [-0.4, -0.2) is 56.6 Å². The number of sulfonamides is 1. The first-order valence-corrected chi connectivity index (χ1v) is 14.6. The van der Waals surface area contributed by atoms with E-state index in [0.29, 0.717) is 16.5 Å². The van der Waals surface area contributed by atoms with Crippen LogP contribution < -0.4 is 0 Å². The van der Waals surface area contributed by atoms with E-state index in [4.69, 9.17) is 11.6 Å². The second-order valence-corrected chi connectivity index (χ2v) is 12.5. The van der Waals surface area contributed by atoms with E-state index in [1.54, 1.807) is 38.2 Å². The van der Waals surface area contributed by atoms with E-state index in [0.717, 1.165) is 50.0 Å². The summed E-state index contributed by atoms with van der Waals surface area (Å²) in [5.41, 5.74) is 1.71. The quantitative estimate of drug-likeness (QED) is 0.290. The Bertz CT molecular complexity index is 1300. The van der Waals surface area contributed by atoms with E-state index in [2.05, 4.69) is 17.0 Å². The van der Waals surface area contributed by atoms with E-state index in [9.17, 15) is 13.2 Å². The fourth-order valence-corrected chi connectivity index (χ4v) is 6.84. The average Bonchev–Trinajstić information content (AvgIpc) is 2.92. The zero-order chi connectivity index (χ0) is 26.5. The molecule has 0 radical (unpaired) electrons. The standard InChI is InChI=1S/C30H35ClN2O3S.ClH/c1-24(34)30(27-11-5-3-6-12-27)17-20-33(21-18-30)19-16-26(25-10-9-13-28(31)22-25)23-32(2)37(35,36)29-14-7-4-8-15-29;/h3-15,22,26H,16-21,23H2,1-2H3;1H/t26-;/m1./s1. The second kappa shape index (κ2) is 13.2. The molecule has 0 aliphatic carbocycles. The van der Waals surface area contributed by atoms with E-state index in [1.165, 1.54) is 4.31 Å². The van der Waals surface area contributed by atoms with Gasteiger partial charge in [0.2, 0.25) is 10.0 Å². The molecule has 1 heterocycles. The number of ketones is 1. The van der Waals surface area contributed by atoms with E-state index in [1.807, 2.05) is 48.5 Å². The van der Waals surface area contributed by atoms with Gasteiger partial charge in [-0.25, -0.2) is 12.7 Å². The van der Waals surface area contributed by atoms with Crippen LogP contribution in [0.5, 0.6) is 0 Å². The monoisotopic (exact) mass is 574 g/mol. The van der Waals surface area contributed by atoms with Gasteiger partial charge in [-0.05, 0) is 87.1 Å². The third-order valence-corrected chi connectivity index (χ3v) is 9.83. The Morgan fingerprint density at radius 2 is 1.58 bits per heavy atom. The molecule has 5 nitrogen and oxygen atoms in total. The maximum absolute atomic E-state index is 13.2. The van der Waals surface area contributed by atoms with Gasteiger partial charge in [0.15, 0.2) is 0 Å². The van der Waals surface area contributed by atoms with Crippen molar-refractivity contribution in [2.45, 2.75) is 42.4 Å². The number of likely N-dealkylation sites (tertiary alicyclic amines) is 1. The van der Waals surface area contributed by atoms with Gasteiger partial charge in [0, 0.05) is 18.6 Å². The Morgan fingerprint density at radius 3 is 2.16 bits per heavy atom. The third kappa shape index (κ3) is 6.85. The highest BCUT2D eigenvalue weighted by atomic mass is 35.5. The first-order valence-electron chi connectivity index (χ1n) is 12.8. The molecule has 1 fully saturated rings. The van der Waals surface area contributed by atoms with Crippen molar-refractivity contribution >= 4 is 39.8 Å². The molecule has 0 N–H and O–H groups in total. The number of carbonyl (C=O) groups is 1. The summed E-state index contributed by atoms with van der Waals surface area (Å²) in [4.78, 5) is 15.4. The van der Waals surface area contributed by atoms with Crippen LogP contribution in [0.25, 0.3) is 0 Å². The molecule has 1 aliphatic heterocycles. The summed E-state index contributed by atoms with van der Waals surface area (Å²) in [6.07, 6.45) is 2.36. The van der Waals surface area contributed by atoms with Crippen LogP contribution in [0.2, 0.25) is 5.02 Å². The van der Waals surface area contributed by atoms with Crippen molar-refractivity contribution in [2.24, 2.45) is 0 Å². The molecular formula is C30H36Cl2N2O3S. The zero-order valence-corrected chi connectivity index (χ0v) is 24.3. The van der Waals surface area contributed by atoms with E-state index >= 15 is 0 Å². The Labute approximate surface area is 238 Å². The van der Waals surface area contributed by atoms with Crippen LogP contribution in [0.1, 0.15) is 43.2 Å². The van der Waals surface area contributed by atoms with Crippen LogP contribution in [-0.2, 0) is 20.2 Å². The minimum Gasteiger partial charge on any atom is -0.303 e. The Morgan fingerprint density at radius 1 is 0.974 bits per heavy atom. The van der Waals surface area contributed by atoms with Crippen LogP contribution >= 0.6 is 24.0 Å². The molecule has 1 aliphatic rings. The Balaban J connectivity index is 0.00000400. The lowest BCUT2D eigenvalue weighted by atomic mass is 9.70. The van der Waals surface area contributed by atoms with Crippen LogP contribution in [0.15, 0.2) is 89.8 Å². The minimum absolute atomic E-state index is 0. The highest BCUT2D eigenvalue weighted by Gasteiger charge is 2.40. The predicted molar refractivity (Wildman–Crippen MR) is 157 cm³/mol. The summed E-state index contributed by atoms with van der Waals surface area (Å²) in [7, 11) is -1.96. The van der Waals surface area contributed by atoms with E-state index < -0.39 is 15.4 Å². The number of likely N-dealkylation sites (N-methyl/N-ethyl adjacent to an activating group) is 1. The molecule has 0 aromatic heterocycles. The molecule has 204 valence electrons. The largest absolute Gasteiger partial charge is 0.303 e. The SMILES string of the molecule is CC(=O)C1(c2ccccc2)CCN(CC[C@H](CN(C)S(=O)(=O)c2ccccc2)c2cccc(Cl)c2)CC1.Cl. The minimum atomic E-state index is -3.60. The van der Waals surface area contributed by atoms with Crippen molar-refractivity contribution < 1.29 is 13.2 Å². The van der Waals surface area contributed by atoms with Gasteiger partial charge in [-0.2, -0.15) is 0 Å². The summed E-state index contributed by atoms with van der Waals surface area (Å²) >= 11 is 6.31. The molecule has 0 saturated carbocycles. The second-order valence-electron chi connectivity index (χ2n) is 9.99. The number of halogens is 2. The maximum Gasteiger partial charge on any atom is 0.242 e. The van der Waals surface area contributed by atoms with Gasteiger partial charge in [-0.1, -0.05) is 72.3 Å². The molecule has 1 saturated heterocycles. The topological polar surface area (TPSA) is 57.7 Å². The van der Waals surface area contributed by atoms with Crippen molar-refractivity contribution in [1.29, 1.82) is 0 Å². The summed E-state index contributed by atoms with van der Waals surface area (Å²) in [5.74, 6) is 0.207. The molecule has 0 unspecified atom stereocenters. The number of benzene rings is 3. The van der Waals surface area contributed by atoms with Gasteiger partial charge < -0.3 is 4.90 Å². The summed E-state index contributed by atoms with van der Waals surface area (Å²) in [6.45, 7) is 4.54. The van der Waals surface area contributed by atoms with Crippen LogP contribution in [0.4, 0.5) is 0 Å². The Kier molecular flexibility index (Phi) is 10.6. The number of Topliss-reactive ketones (excluding diaryl/α,β-unsaturated/α-hetero) is 1. The third-order valence-electron chi connectivity index (χ3n) is 7.75. The normalized spacial score (nSPS) is 16.5. The van der Waals surface area contributed by atoms with Gasteiger partial charge in [0.1, 0.15) is 5.78 Å². The fourth-order valence-electron chi connectivity index (χ4n) is 5.40. The predicted octanol–water partition coefficient (Wildman–Crippen LogP) is 6.18. The lowest BCUT2D eigenvalue weighted by Gasteiger charge is -2.41. The van der Waals surface area contributed by atoms with Gasteiger partial charge in [0.05, 0.1) is 10.3 Å². The van der Waals surface area contributed by atoms with Crippen LogP contribution in [0.3, 0.4) is 0 Å². The van der Waals surface area contributed by atoms with Gasteiger partial charge in [-0.15, -0.1) is 12.4 Å². The van der Waals surface area contributed by atoms with Crippen molar-refractivity contribution in [3.05, 3.63) is 101 Å². The molecule has 3 aromatic rings. The van der Waals surface area contributed by atoms with Crippen molar-refractivity contribution in [1.82, 2.24) is 9.21 Å². The average molecular weight is 576 g/mol. The maximum atomic E-state index is 13.2. The lowest BCUT2D eigenvalue weighted by molar-refractivity contribution is -0.124. The zero-order valence-electron chi connectivity index (χ0n) is 21.9. The number of rotatable bonds is 10. The molecule has 4 rings (SSSR count). The van der Waals surface area contributed by atoms with Crippen LogP contribution in [0, 0.1) is 0 Å². The first kappa shape index (κ1) is 30.3.